The smallest absolute Gasteiger partial charge is 0.383 e. The van der Waals surface area contributed by atoms with Gasteiger partial charge in [-0.3, -0.25) is 9.48 Å². The number of carbonyl (C=O) groups excluding carboxylic acids is 1. The second-order valence-corrected chi connectivity index (χ2v) is 10.2. The van der Waals surface area contributed by atoms with Crippen LogP contribution < -0.4 is 10.6 Å². The molecule has 5 aliphatic rings. The highest BCUT2D eigenvalue weighted by molar-refractivity contribution is 5.84. The molecule has 33 heavy (non-hydrogen) atoms. The standard InChI is InChI=1S/C22H25F3N6O2/c1-12-5-30(7-16(33-12)13-4-27-31(6-13)14-2-3-14)19-28-17(15(8-32)18(26)29-19)20-9-21(10-20,11-20)22(23,24)25/h4,6,8,12,14,16H,2-3,5,7,9-11H2,1H3,(H2,26,28,29)/t12-,16-,20?,21?/m1/s1. The van der Waals surface area contributed by atoms with E-state index >= 15 is 0 Å². The lowest BCUT2D eigenvalue weighted by molar-refractivity contribution is -0.337. The average molecular weight is 462 g/mol. The third-order valence-electron chi connectivity index (χ3n) is 7.67. The Balaban J connectivity index is 1.29. The molecule has 0 spiro atoms. The number of nitrogens with zero attached hydrogens (tertiary/aromatic N) is 5. The van der Waals surface area contributed by atoms with Crippen molar-refractivity contribution in [3.05, 3.63) is 29.2 Å². The van der Waals surface area contributed by atoms with Gasteiger partial charge < -0.3 is 15.4 Å². The molecule has 0 amide bonds. The number of aromatic nitrogens is 4. The topological polar surface area (TPSA) is 99.2 Å². The van der Waals surface area contributed by atoms with Crippen LogP contribution in [-0.4, -0.2) is 51.4 Å². The van der Waals surface area contributed by atoms with Crippen molar-refractivity contribution in [3.63, 3.8) is 0 Å². The van der Waals surface area contributed by atoms with Crippen LogP contribution >= 0.6 is 0 Å². The number of anilines is 2. The Bertz CT molecular complexity index is 1110. The van der Waals surface area contributed by atoms with E-state index < -0.39 is 17.0 Å². The van der Waals surface area contributed by atoms with Crippen molar-refractivity contribution < 1.29 is 22.7 Å². The first-order valence-electron chi connectivity index (χ1n) is 11.3. The summed E-state index contributed by atoms with van der Waals surface area (Å²) >= 11 is 0. The van der Waals surface area contributed by atoms with Crippen molar-refractivity contribution in [1.29, 1.82) is 0 Å². The number of alkyl halides is 3. The molecule has 4 aliphatic carbocycles. The molecule has 5 fully saturated rings. The fourth-order valence-corrected chi connectivity index (χ4v) is 5.83. The average Bonchev–Trinajstić information content (AvgIpc) is 3.40. The highest BCUT2D eigenvalue weighted by atomic mass is 19.4. The summed E-state index contributed by atoms with van der Waals surface area (Å²) in [6.07, 6.45) is 1.87. The van der Waals surface area contributed by atoms with Crippen LogP contribution in [0.15, 0.2) is 12.4 Å². The van der Waals surface area contributed by atoms with Crippen LogP contribution in [0.4, 0.5) is 24.9 Å². The first-order valence-corrected chi connectivity index (χ1v) is 11.3. The SMILES string of the molecule is C[C@@H]1CN(c2nc(N)c(C=O)c(C34CC(C(F)(F)F)(C3)C4)n2)C[C@H](c2cnn(C3CC3)c2)O1. The molecule has 2 aromatic rings. The van der Waals surface area contributed by atoms with E-state index in [1.807, 2.05) is 28.9 Å². The van der Waals surface area contributed by atoms with Gasteiger partial charge in [-0.2, -0.15) is 23.3 Å². The monoisotopic (exact) mass is 462 g/mol. The Hall–Kier alpha value is -2.69. The van der Waals surface area contributed by atoms with Crippen LogP contribution in [0.2, 0.25) is 0 Å². The molecule has 0 unspecified atom stereocenters. The summed E-state index contributed by atoms with van der Waals surface area (Å²) in [5.74, 6) is 0.335. The summed E-state index contributed by atoms with van der Waals surface area (Å²) in [6, 6.07) is 0.463. The second kappa shape index (κ2) is 6.68. The van der Waals surface area contributed by atoms with Gasteiger partial charge in [0, 0.05) is 23.7 Å². The maximum atomic E-state index is 13.4. The molecule has 2 N–H and O–H groups in total. The van der Waals surface area contributed by atoms with Gasteiger partial charge in [0.15, 0.2) is 6.29 Å². The number of ether oxygens (including phenoxy) is 1. The van der Waals surface area contributed by atoms with Gasteiger partial charge in [0.1, 0.15) is 11.9 Å². The highest BCUT2D eigenvalue weighted by Crippen LogP contribution is 2.78. The largest absolute Gasteiger partial charge is 0.394 e. The maximum Gasteiger partial charge on any atom is 0.394 e. The number of carbonyl (C=O) groups is 1. The number of nitrogen functional groups attached to an aromatic ring is 1. The fourth-order valence-electron chi connectivity index (χ4n) is 5.83. The molecule has 0 radical (unpaired) electrons. The van der Waals surface area contributed by atoms with Crippen molar-refractivity contribution in [1.82, 2.24) is 19.7 Å². The molecule has 2 atom stereocenters. The van der Waals surface area contributed by atoms with Crippen LogP contribution in [0, 0.1) is 5.41 Å². The lowest BCUT2D eigenvalue weighted by Crippen LogP contribution is -2.70. The van der Waals surface area contributed by atoms with Crippen LogP contribution in [0.25, 0.3) is 0 Å². The van der Waals surface area contributed by atoms with Crippen molar-refractivity contribution in [2.45, 2.75) is 68.9 Å². The Kier molecular flexibility index (Phi) is 4.23. The van der Waals surface area contributed by atoms with Gasteiger partial charge in [0.2, 0.25) is 5.95 Å². The van der Waals surface area contributed by atoms with Gasteiger partial charge in [-0.1, -0.05) is 0 Å². The molecule has 176 valence electrons. The Labute approximate surface area is 188 Å². The summed E-state index contributed by atoms with van der Waals surface area (Å²) in [6.45, 7) is 2.91. The lowest BCUT2D eigenvalue weighted by atomic mass is 9.33. The first kappa shape index (κ1) is 20.9. The summed E-state index contributed by atoms with van der Waals surface area (Å²) in [5.41, 5.74) is 5.12. The number of halogens is 3. The molecular weight excluding hydrogens is 437 g/mol. The minimum atomic E-state index is -4.24. The minimum Gasteiger partial charge on any atom is -0.383 e. The molecular formula is C22H25F3N6O2. The predicted molar refractivity (Wildman–Crippen MR) is 112 cm³/mol. The number of rotatable bonds is 5. The van der Waals surface area contributed by atoms with E-state index in [1.54, 1.807) is 0 Å². The Morgan fingerprint density at radius 3 is 2.58 bits per heavy atom. The van der Waals surface area contributed by atoms with Gasteiger partial charge in [-0.05, 0) is 39.0 Å². The lowest BCUT2D eigenvalue weighted by Gasteiger charge is -2.70. The van der Waals surface area contributed by atoms with E-state index in [0.29, 0.717) is 37.1 Å². The van der Waals surface area contributed by atoms with Crippen LogP contribution in [0.1, 0.15) is 72.8 Å². The van der Waals surface area contributed by atoms with E-state index in [0.717, 1.165) is 18.4 Å². The molecule has 2 bridgehead atoms. The van der Waals surface area contributed by atoms with E-state index in [9.17, 15) is 18.0 Å². The quantitative estimate of drug-likeness (QED) is 0.681. The third-order valence-corrected chi connectivity index (χ3v) is 7.67. The molecule has 0 aromatic carbocycles. The molecule has 11 heteroatoms. The molecule has 1 saturated heterocycles. The van der Waals surface area contributed by atoms with Crippen LogP contribution in [0.5, 0.6) is 0 Å². The molecule has 7 rings (SSSR count). The number of morpholine rings is 1. The van der Waals surface area contributed by atoms with Gasteiger partial charge in [-0.15, -0.1) is 0 Å². The molecule has 2 aromatic heterocycles. The number of aldehydes is 1. The van der Waals surface area contributed by atoms with Crippen LogP contribution in [-0.2, 0) is 10.2 Å². The number of hydrogen-bond acceptors (Lipinski definition) is 7. The maximum absolute atomic E-state index is 13.4. The van der Waals surface area contributed by atoms with E-state index in [4.69, 9.17) is 10.5 Å². The van der Waals surface area contributed by atoms with E-state index in [-0.39, 0.29) is 42.9 Å². The van der Waals surface area contributed by atoms with Crippen molar-refractivity contribution in [2.24, 2.45) is 5.41 Å². The summed E-state index contributed by atoms with van der Waals surface area (Å²) in [4.78, 5) is 22.7. The van der Waals surface area contributed by atoms with Crippen LogP contribution in [0.3, 0.4) is 0 Å². The fraction of sp³-hybridized carbons (Fsp3) is 0.636. The molecule has 4 saturated carbocycles. The van der Waals surface area contributed by atoms with E-state index in [1.165, 1.54) is 0 Å². The van der Waals surface area contributed by atoms with Gasteiger partial charge >= 0.3 is 6.18 Å². The zero-order valence-electron chi connectivity index (χ0n) is 18.2. The van der Waals surface area contributed by atoms with Crippen molar-refractivity contribution in [3.8, 4) is 0 Å². The predicted octanol–water partition coefficient (Wildman–Crippen LogP) is 3.35. The Morgan fingerprint density at radius 1 is 1.21 bits per heavy atom. The van der Waals surface area contributed by atoms with Crippen molar-refractivity contribution in [2.75, 3.05) is 23.7 Å². The zero-order valence-corrected chi connectivity index (χ0v) is 18.2. The minimum absolute atomic E-state index is 0.00744. The van der Waals surface area contributed by atoms with E-state index in [2.05, 4.69) is 15.1 Å². The third kappa shape index (κ3) is 3.08. The number of hydrogen-bond donors (Lipinski definition) is 1. The number of nitrogens with two attached hydrogens (primary N) is 1. The first-order chi connectivity index (χ1) is 15.6. The normalized spacial score (nSPS) is 33.4. The summed E-state index contributed by atoms with van der Waals surface area (Å²) in [5, 5.41) is 4.45. The summed E-state index contributed by atoms with van der Waals surface area (Å²) in [7, 11) is 0. The van der Waals surface area contributed by atoms with Gasteiger partial charge in [-0.25, -0.2) is 4.98 Å². The zero-order chi connectivity index (χ0) is 23.2. The van der Waals surface area contributed by atoms with Gasteiger partial charge in [0.25, 0.3) is 0 Å². The Morgan fingerprint density at radius 2 is 1.94 bits per heavy atom. The molecule has 3 heterocycles. The summed E-state index contributed by atoms with van der Waals surface area (Å²) < 4.78 is 48.3. The second-order valence-electron chi connectivity index (χ2n) is 10.2. The van der Waals surface area contributed by atoms with Crippen molar-refractivity contribution >= 4 is 18.1 Å². The highest BCUT2D eigenvalue weighted by Gasteiger charge is 2.79. The van der Waals surface area contributed by atoms with Gasteiger partial charge in [0.05, 0.1) is 41.6 Å². The molecule has 8 nitrogen and oxygen atoms in total. The molecule has 1 aliphatic heterocycles.